The third-order valence-electron chi connectivity index (χ3n) is 3.57. The molecule has 2 amide bonds. The fraction of sp³-hybridized carbons (Fsp3) is 0.263. The Morgan fingerprint density at radius 3 is 2.25 bits per heavy atom. The quantitative estimate of drug-likeness (QED) is 0.651. The first-order chi connectivity index (χ1) is 11.6. The van der Waals surface area contributed by atoms with Crippen molar-refractivity contribution in [2.24, 2.45) is 0 Å². The summed E-state index contributed by atoms with van der Waals surface area (Å²) in [6.45, 7) is 0.762. The highest BCUT2D eigenvalue weighted by atomic mass is 16.3. The number of aryl methyl sites for hydroxylation is 1. The van der Waals surface area contributed by atoms with Crippen LogP contribution in [0, 0.1) is 0 Å². The van der Waals surface area contributed by atoms with E-state index in [2.05, 4.69) is 22.8 Å². The van der Waals surface area contributed by atoms with Crippen molar-refractivity contribution >= 4 is 11.8 Å². The van der Waals surface area contributed by atoms with Crippen molar-refractivity contribution in [3.8, 4) is 5.75 Å². The van der Waals surface area contributed by atoms with Crippen LogP contribution in [0.15, 0.2) is 54.6 Å². The molecule has 0 heterocycles. The molecule has 0 aliphatic carbocycles. The monoisotopic (exact) mass is 326 g/mol. The molecule has 126 valence electrons. The Bertz CT molecular complexity index is 654. The minimum atomic E-state index is -0.228. The molecule has 2 aromatic rings. The number of rotatable bonds is 8. The molecule has 0 aliphatic rings. The van der Waals surface area contributed by atoms with E-state index < -0.39 is 0 Å². The molecule has 2 aromatic carbocycles. The van der Waals surface area contributed by atoms with Crippen LogP contribution in [0.3, 0.4) is 0 Å². The molecule has 0 aromatic heterocycles. The summed E-state index contributed by atoms with van der Waals surface area (Å²) in [5.74, 6) is -0.118. The van der Waals surface area contributed by atoms with E-state index in [1.807, 2.05) is 18.2 Å². The molecule has 0 fully saturated rings. The van der Waals surface area contributed by atoms with Crippen LogP contribution in [0.4, 0.5) is 0 Å². The molecule has 0 unspecified atom stereocenters. The number of benzene rings is 2. The van der Waals surface area contributed by atoms with Crippen molar-refractivity contribution < 1.29 is 14.7 Å². The molecule has 2 rings (SSSR count). The van der Waals surface area contributed by atoms with Crippen molar-refractivity contribution in [1.82, 2.24) is 10.6 Å². The van der Waals surface area contributed by atoms with E-state index in [9.17, 15) is 14.7 Å². The number of nitrogens with one attached hydrogen (secondary N) is 2. The highest BCUT2D eigenvalue weighted by Crippen LogP contribution is 2.09. The molecule has 0 bridgehead atoms. The number of amides is 2. The summed E-state index contributed by atoms with van der Waals surface area (Å²) in [5.41, 5.74) is 1.70. The number of hydrogen-bond donors (Lipinski definition) is 3. The van der Waals surface area contributed by atoms with E-state index in [4.69, 9.17) is 0 Å². The first-order valence-electron chi connectivity index (χ1n) is 8.03. The van der Waals surface area contributed by atoms with Gasteiger partial charge in [-0.3, -0.25) is 9.59 Å². The molecule has 0 saturated carbocycles. The second-order valence-corrected chi connectivity index (χ2v) is 5.49. The average molecular weight is 326 g/mol. The van der Waals surface area contributed by atoms with Crippen LogP contribution in [-0.2, 0) is 11.2 Å². The zero-order valence-corrected chi connectivity index (χ0v) is 13.5. The maximum Gasteiger partial charge on any atom is 0.251 e. The van der Waals surface area contributed by atoms with E-state index in [-0.39, 0.29) is 17.6 Å². The molecule has 0 aliphatic heterocycles. The van der Waals surface area contributed by atoms with Crippen LogP contribution < -0.4 is 10.6 Å². The predicted molar refractivity (Wildman–Crippen MR) is 92.8 cm³/mol. The molecule has 5 heteroatoms. The summed E-state index contributed by atoms with van der Waals surface area (Å²) in [5, 5.41) is 14.7. The lowest BCUT2D eigenvalue weighted by molar-refractivity contribution is -0.121. The van der Waals surface area contributed by atoms with Gasteiger partial charge in [-0.15, -0.1) is 0 Å². The third kappa shape index (κ3) is 6.12. The largest absolute Gasteiger partial charge is 0.508 e. The van der Waals surface area contributed by atoms with Gasteiger partial charge in [-0.05, 0) is 42.7 Å². The normalized spacial score (nSPS) is 10.2. The van der Waals surface area contributed by atoms with Gasteiger partial charge in [0.15, 0.2) is 0 Å². The fourth-order valence-electron chi connectivity index (χ4n) is 2.28. The van der Waals surface area contributed by atoms with Crippen LogP contribution in [0.2, 0.25) is 0 Å². The maximum atomic E-state index is 11.8. The third-order valence-corrected chi connectivity index (χ3v) is 3.57. The van der Waals surface area contributed by atoms with E-state index in [0.717, 1.165) is 12.8 Å². The Balaban J connectivity index is 1.57. The first-order valence-corrected chi connectivity index (χ1v) is 8.03. The summed E-state index contributed by atoms with van der Waals surface area (Å²) < 4.78 is 0. The first kappa shape index (κ1) is 17.5. The summed E-state index contributed by atoms with van der Waals surface area (Å²) in [4.78, 5) is 23.6. The van der Waals surface area contributed by atoms with E-state index in [1.54, 1.807) is 12.1 Å². The Morgan fingerprint density at radius 2 is 1.54 bits per heavy atom. The lowest BCUT2D eigenvalue weighted by Crippen LogP contribution is -2.34. The molecule has 5 nitrogen and oxygen atoms in total. The van der Waals surface area contributed by atoms with Crippen LogP contribution in [-0.4, -0.2) is 30.0 Å². The maximum absolute atomic E-state index is 11.8. The Morgan fingerprint density at radius 1 is 0.875 bits per heavy atom. The van der Waals surface area contributed by atoms with Gasteiger partial charge in [0.1, 0.15) is 5.75 Å². The highest BCUT2D eigenvalue weighted by molar-refractivity contribution is 5.94. The van der Waals surface area contributed by atoms with Gasteiger partial charge >= 0.3 is 0 Å². The summed E-state index contributed by atoms with van der Waals surface area (Å²) >= 11 is 0. The average Bonchev–Trinajstić information content (AvgIpc) is 2.60. The number of carbonyl (C=O) groups excluding carboxylic acids is 2. The van der Waals surface area contributed by atoms with Gasteiger partial charge in [-0.25, -0.2) is 0 Å². The Hall–Kier alpha value is -2.82. The molecule has 3 N–H and O–H groups in total. The summed E-state index contributed by atoms with van der Waals surface area (Å²) in [7, 11) is 0. The minimum Gasteiger partial charge on any atom is -0.508 e. The summed E-state index contributed by atoms with van der Waals surface area (Å²) in [6, 6.07) is 16.1. The smallest absolute Gasteiger partial charge is 0.251 e. The molecule has 0 spiro atoms. The highest BCUT2D eigenvalue weighted by Gasteiger charge is 2.05. The molecule has 0 radical (unpaired) electrons. The molecular weight excluding hydrogens is 304 g/mol. The van der Waals surface area contributed by atoms with Crippen molar-refractivity contribution in [1.29, 1.82) is 0 Å². The summed E-state index contributed by atoms with van der Waals surface area (Å²) in [6.07, 6.45) is 2.16. The Kier molecular flexibility index (Phi) is 6.83. The zero-order chi connectivity index (χ0) is 17.2. The number of hydrogen-bond acceptors (Lipinski definition) is 3. The molecule has 0 atom stereocenters. The van der Waals surface area contributed by atoms with Crippen molar-refractivity contribution in [2.45, 2.75) is 19.3 Å². The van der Waals surface area contributed by atoms with Gasteiger partial charge in [0.05, 0.1) is 0 Å². The lowest BCUT2D eigenvalue weighted by atomic mass is 10.1. The minimum absolute atomic E-state index is 0.00943. The lowest BCUT2D eigenvalue weighted by Gasteiger charge is -2.07. The second kappa shape index (κ2) is 9.35. The standard InChI is InChI=1S/C19H22N2O3/c22-17-11-9-16(10-12-17)19(24)21-14-13-20-18(23)8-4-7-15-5-2-1-3-6-15/h1-3,5-6,9-12,22H,4,7-8,13-14H2,(H,20,23)(H,21,24). The van der Waals surface area contributed by atoms with Crippen LogP contribution in [0.1, 0.15) is 28.8 Å². The van der Waals surface area contributed by atoms with Gasteiger partial charge in [0, 0.05) is 25.1 Å². The topological polar surface area (TPSA) is 78.4 Å². The Labute approximate surface area is 141 Å². The van der Waals surface area contributed by atoms with Gasteiger partial charge in [-0.2, -0.15) is 0 Å². The van der Waals surface area contributed by atoms with E-state index in [0.29, 0.717) is 25.1 Å². The van der Waals surface area contributed by atoms with E-state index in [1.165, 1.54) is 17.7 Å². The van der Waals surface area contributed by atoms with Gasteiger partial charge < -0.3 is 15.7 Å². The number of phenolic OH excluding ortho intramolecular Hbond substituents is 1. The molecular formula is C19H22N2O3. The van der Waals surface area contributed by atoms with E-state index >= 15 is 0 Å². The zero-order valence-electron chi connectivity index (χ0n) is 13.5. The number of aromatic hydroxyl groups is 1. The molecule has 24 heavy (non-hydrogen) atoms. The number of carbonyl (C=O) groups is 2. The number of phenols is 1. The molecule has 0 saturated heterocycles. The second-order valence-electron chi connectivity index (χ2n) is 5.49. The fourth-order valence-corrected chi connectivity index (χ4v) is 2.28. The van der Waals surface area contributed by atoms with Crippen molar-refractivity contribution in [3.05, 3.63) is 65.7 Å². The van der Waals surface area contributed by atoms with Gasteiger partial charge in [0.2, 0.25) is 5.91 Å². The van der Waals surface area contributed by atoms with Crippen LogP contribution in [0.5, 0.6) is 5.75 Å². The van der Waals surface area contributed by atoms with Crippen LogP contribution in [0.25, 0.3) is 0 Å². The van der Waals surface area contributed by atoms with Gasteiger partial charge in [0.25, 0.3) is 5.91 Å². The van der Waals surface area contributed by atoms with Crippen molar-refractivity contribution in [2.75, 3.05) is 13.1 Å². The van der Waals surface area contributed by atoms with Crippen molar-refractivity contribution in [3.63, 3.8) is 0 Å². The van der Waals surface area contributed by atoms with Crippen LogP contribution >= 0.6 is 0 Å². The predicted octanol–water partition coefficient (Wildman–Crippen LogP) is 2.26. The van der Waals surface area contributed by atoms with Gasteiger partial charge in [-0.1, -0.05) is 30.3 Å². The SMILES string of the molecule is O=C(CCCc1ccccc1)NCCNC(=O)c1ccc(O)cc1.